The number of carbonyl (C=O) groups is 3. The Morgan fingerprint density at radius 3 is 0.868 bits per heavy atom. The maximum atomic E-state index is 12.9. The van der Waals surface area contributed by atoms with Gasteiger partial charge in [-0.25, -0.2) is 0 Å². The van der Waals surface area contributed by atoms with Crippen LogP contribution >= 0.6 is 0 Å². The Morgan fingerprint density at radius 1 is 0.276 bits per heavy atom. The summed E-state index contributed by atoms with van der Waals surface area (Å²) in [5.74, 6) is -0.884. The molecule has 0 N–H and O–H groups in total. The summed E-state index contributed by atoms with van der Waals surface area (Å²) < 4.78 is 16.9. The van der Waals surface area contributed by atoms with E-state index >= 15 is 0 Å². The van der Waals surface area contributed by atoms with Crippen molar-refractivity contribution in [1.82, 2.24) is 0 Å². The van der Waals surface area contributed by atoms with E-state index in [2.05, 4.69) is 106 Å². The average Bonchev–Trinajstić information content (AvgIpc) is 3.42. The van der Waals surface area contributed by atoms with Crippen LogP contribution in [0.2, 0.25) is 0 Å². The second-order valence-electron chi connectivity index (χ2n) is 21.6. The number of esters is 3. The van der Waals surface area contributed by atoms with Gasteiger partial charge in [0.15, 0.2) is 6.10 Å². The first kappa shape index (κ1) is 72.6. The van der Waals surface area contributed by atoms with Gasteiger partial charge in [-0.05, 0) is 109 Å². The van der Waals surface area contributed by atoms with Gasteiger partial charge in [0.2, 0.25) is 0 Å². The molecule has 0 fully saturated rings. The van der Waals surface area contributed by atoms with Crippen molar-refractivity contribution in [2.24, 2.45) is 0 Å². The van der Waals surface area contributed by atoms with Gasteiger partial charge < -0.3 is 14.2 Å². The van der Waals surface area contributed by atoms with Crippen LogP contribution in [0.15, 0.2) is 85.1 Å². The van der Waals surface area contributed by atoms with Crippen LogP contribution in [0.1, 0.15) is 323 Å². The third-order valence-electron chi connectivity index (χ3n) is 14.1. The topological polar surface area (TPSA) is 78.9 Å². The van der Waals surface area contributed by atoms with Gasteiger partial charge in [0, 0.05) is 19.3 Å². The van der Waals surface area contributed by atoms with Gasteiger partial charge in [0.1, 0.15) is 13.2 Å². The Kier molecular flexibility index (Phi) is 61.2. The van der Waals surface area contributed by atoms with Crippen LogP contribution in [0.25, 0.3) is 0 Å². The van der Waals surface area contributed by atoms with Gasteiger partial charge in [-0.2, -0.15) is 0 Å². The largest absolute Gasteiger partial charge is 0.462 e. The fourth-order valence-corrected chi connectivity index (χ4v) is 9.23. The summed E-state index contributed by atoms with van der Waals surface area (Å²) in [4.78, 5) is 38.2. The number of hydrogen-bond acceptors (Lipinski definition) is 6. The van der Waals surface area contributed by atoms with Crippen LogP contribution in [-0.2, 0) is 28.6 Å². The number of unbranched alkanes of at least 4 members (excludes halogenated alkanes) is 34. The highest BCUT2D eigenvalue weighted by molar-refractivity contribution is 5.71. The fourth-order valence-electron chi connectivity index (χ4n) is 9.23. The molecule has 6 nitrogen and oxygen atoms in total. The summed E-state index contributed by atoms with van der Waals surface area (Å²) in [6, 6.07) is 0. The lowest BCUT2D eigenvalue weighted by molar-refractivity contribution is -0.167. The third kappa shape index (κ3) is 61.4. The van der Waals surface area contributed by atoms with Crippen molar-refractivity contribution < 1.29 is 28.6 Å². The number of hydrogen-bond donors (Lipinski definition) is 0. The second kappa shape index (κ2) is 64.1. The summed E-state index contributed by atoms with van der Waals surface area (Å²) in [7, 11) is 0. The molecule has 0 aliphatic carbocycles. The first-order valence-electron chi connectivity index (χ1n) is 32.6. The fraction of sp³-hybridized carbons (Fsp3) is 0.757. The quantitative estimate of drug-likeness (QED) is 0.0261. The average molecular weight is 1060 g/mol. The van der Waals surface area contributed by atoms with Crippen molar-refractivity contribution >= 4 is 17.9 Å². The van der Waals surface area contributed by atoms with Crippen LogP contribution in [0, 0.1) is 0 Å². The van der Waals surface area contributed by atoms with E-state index in [9.17, 15) is 14.4 Å². The third-order valence-corrected chi connectivity index (χ3v) is 14.1. The van der Waals surface area contributed by atoms with Crippen molar-refractivity contribution in [2.75, 3.05) is 13.2 Å². The van der Waals surface area contributed by atoms with Crippen molar-refractivity contribution in [3.8, 4) is 0 Å². The van der Waals surface area contributed by atoms with E-state index in [1.54, 1.807) is 0 Å². The van der Waals surface area contributed by atoms with Gasteiger partial charge >= 0.3 is 17.9 Å². The molecule has 0 amide bonds. The molecule has 0 aliphatic heterocycles. The monoisotopic (exact) mass is 1060 g/mol. The van der Waals surface area contributed by atoms with Gasteiger partial charge in [0.05, 0.1) is 0 Å². The highest BCUT2D eigenvalue weighted by Crippen LogP contribution is 2.17. The predicted molar refractivity (Wildman–Crippen MR) is 330 cm³/mol. The van der Waals surface area contributed by atoms with E-state index in [0.717, 1.165) is 103 Å². The zero-order valence-corrected chi connectivity index (χ0v) is 50.3. The van der Waals surface area contributed by atoms with Gasteiger partial charge in [-0.3, -0.25) is 14.4 Å². The molecule has 0 spiro atoms. The van der Waals surface area contributed by atoms with Crippen molar-refractivity contribution in [3.63, 3.8) is 0 Å². The minimum atomic E-state index is -0.783. The highest BCUT2D eigenvalue weighted by Gasteiger charge is 2.19. The normalized spacial score (nSPS) is 12.6. The lowest BCUT2D eigenvalue weighted by atomic mass is 10.0. The molecular weight excluding hydrogens is 937 g/mol. The summed E-state index contributed by atoms with van der Waals surface area (Å²) >= 11 is 0. The zero-order chi connectivity index (χ0) is 55.0. The zero-order valence-electron chi connectivity index (χ0n) is 50.3. The summed E-state index contributed by atoms with van der Waals surface area (Å²) in [5, 5.41) is 0. The molecule has 1 unspecified atom stereocenters. The molecular formula is C70H122O6. The molecule has 0 saturated carbocycles. The van der Waals surface area contributed by atoms with E-state index in [1.165, 1.54) is 180 Å². The molecule has 0 aromatic rings. The molecule has 0 aromatic heterocycles. The highest BCUT2D eigenvalue weighted by atomic mass is 16.6. The minimum absolute atomic E-state index is 0.0796. The Morgan fingerprint density at radius 2 is 0.539 bits per heavy atom. The van der Waals surface area contributed by atoms with Crippen molar-refractivity contribution in [2.45, 2.75) is 329 Å². The number of allylic oxidation sites excluding steroid dienone is 14. The molecule has 0 rings (SSSR count). The van der Waals surface area contributed by atoms with Gasteiger partial charge in [0.25, 0.3) is 0 Å². The van der Waals surface area contributed by atoms with Crippen LogP contribution in [0.5, 0.6) is 0 Å². The molecule has 76 heavy (non-hydrogen) atoms. The number of ether oxygens (including phenoxy) is 3. The molecule has 0 aromatic carbocycles. The van der Waals surface area contributed by atoms with Crippen LogP contribution in [0.3, 0.4) is 0 Å². The molecule has 6 heteroatoms. The molecule has 0 aliphatic rings. The van der Waals surface area contributed by atoms with Crippen LogP contribution < -0.4 is 0 Å². The first-order chi connectivity index (χ1) is 37.5. The number of rotatable bonds is 59. The smallest absolute Gasteiger partial charge is 0.306 e. The molecule has 1 atom stereocenters. The lowest BCUT2D eigenvalue weighted by Gasteiger charge is -2.18. The first-order valence-corrected chi connectivity index (χ1v) is 32.6. The Balaban J connectivity index is 4.23. The summed E-state index contributed by atoms with van der Waals surface area (Å²) in [6.07, 6.45) is 84.6. The van der Waals surface area contributed by atoms with Gasteiger partial charge in [-0.1, -0.05) is 279 Å². The molecule has 0 bridgehead atoms. The van der Waals surface area contributed by atoms with Crippen molar-refractivity contribution in [3.05, 3.63) is 85.1 Å². The van der Waals surface area contributed by atoms with E-state index in [4.69, 9.17) is 14.2 Å². The molecule has 0 saturated heterocycles. The van der Waals surface area contributed by atoms with E-state index in [0.29, 0.717) is 19.3 Å². The standard InChI is InChI=1S/C70H122O6/c1-4-7-10-13-16-19-22-24-26-28-30-32-34-35-37-38-40-42-44-46-48-51-54-57-60-63-69(72)75-66-67(65-74-68(71)62-59-56-53-50-21-18-15-12-9-6-3)76-70(73)64-61-58-55-52-49-47-45-43-41-39-36-33-31-29-27-25-23-20-17-14-11-8-5-2/h8,11-12,15,17,20,22,24-25,27-28,30-31,33,67H,4-7,9-10,13-14,16,18-19,21,23,26,29,32,34-66H2,1-3H3/b11-8-,15-12-,20-17-,24-22-,27-25-,30-28-,33-31-. The van der Waals surface area contributed by atoms with Crippen LogP contribution in [-0.4, -0.2) is 37.2 Å². The van der Waals surface area contributed by atoms with Crippen LogP contribution in [0.4, 0.5) is 0 Å². The summed E-state index contributed by atoms with van der Waals surface area (Å²) in [6.45, 7) is 6.48. The van der Waals surface area contributed by atoms with E-state index in [1.807, 2.05) is 0 Å². The maximum absolute atomic E-state index is 12.9. The SMILES string of the molecule is CC/C=C\C/C=C\C/C=C\C/C=C\CCCCCCCCCCCCC(=O)OC(COC(=O)CCCCCCC/C=C\CCC)COC(=O)CCCCCCCCCCCCCCC/C=C\C/C=C\CCCCCCC. The molecule has 0 heterocycles. The molecule has 0 radical (unpaired) electrons. The number of carbonyl (C=O) groups excluding carboxylic acids is 3. The molecule has 438 valence electrons. The van der Waals surface area contributed by atoms with E-state index < -0.39 is 6.10 Å². The van der Waals surface area contributed by atoms with Gasteiger partial charge in [-0.15, -0.1) is 0 Å². The predicted octanol–water partition coefficient (Wildman–Crippen LogP) is 22.3. The second-order valence-corrected chi connectivity index (χ2v) is 21.6. The minimum Gasteiger partial charge on any atom is -0.462 e. The van der Waals surface area contributed by atoms with E-state index in [-0.39, 0.29) is 31.1 Å². The Hall–Kier alpha value is -3.41. The lowest BCUT2D eigenvalue weighted by Crippen LogP contribution is -2.30. The maximum Gasteiger partial charge on any atom is 0.306 e. The van der Waals surface area contributed by atoms with Crippen molar-refractivity contribution in [1.29, 1.82) is 0 Å². The summed E-state index contributed by atoms with van der Waals surface area (Å²) in [5.41, 5.74) is 0. The Labute approximate surface area is 471 Å². The Bertz CT molecular complexity index is 1450.